The fourth-order valence-corrected chi connectivity index (χ4v) is 1.69. The van der Waals surface area contributed by atoms with Gasteiger partial charge in [0.1, 0.15) is 6.04 Å². The van der Waals surface area contributed by atoms with Crippen molar-refractivity contribution in [3.63, 3.8) is 0 Å². The lowest BCUT2D eigenvalue weighted by Gasteiger charge is -2.28. The van der Waals surface area contributed by atoms with Crippen LogP contribution in [0.15, 0.2) is 24.3 Å². The molecule has 2 N–H and O–H groups in total. The lowest BCUT2D eigenvalue weighted by Crippen LogP contribution is -2.52. The van der Waals surface area contributed by atoms with E-state index in [4.69, 9.17) is 9.84 Å². The van der Waals surface area contributed by atoms with Gasteiger partial charge in [0, 0.05) is 0 Å². The van der Waals surface area contributed by atoms with Gasteiger partial charge >= 0.3 is 5.97 Å². The second-order valence-corrected chi connectivity index (χ2v) is 5.84. The Morgan fingerprint density at radius 1 is 1.29 bits per heavy atom. The topological polar surface area (TPSA) is 75.6 Å². The molecule has 2 unspecified atom stereocenters. The minimum absolute atomic E-state index is 0.0530. The van der Waals surface area contributed by atoms with Crippen molar-refractivity contribution in [3.8, 4) is 5.75 Å². The number of benzene rings is 1. The maximum absolute atomic E-state index is 13.4. The Bertz CT molecular complexity index is 525. The number of aliphatic carboxylic acids is 1. The summed E-state index contributed by atoms with van der Waals surface area (Å²) in [6.07, 6.45) is -1.01. The molecule has 1 amide bonds. The van der Waals surface area contributed by atoms with Gasteiger partial charge in [-0.3, -0.25) is 4.79 Å². The smallest absolute Gasteiger partial charge is 0.326 e. The molecular formula is C15H20FNO4. The van der Waals surface area contributed by atoms with E-state index < -0.39 is 35.3 Å². The molecule has 1 aromatic rings. The Hall–Kier alpha value is -2.11. The minimum atomic E-state index is -1.13. The molecule has 1 rings (SSSR count). The normalized spacial score (nSPS) is 14.1. The highest BCUT2D eigenvalue weighted by atomic mass is 19.1. The molecule has 6 heteroatoms. The van der Waals surface area contributed by atoms with Gasteiger partial charge in [0.15, 0.2) is 17.7 Å². The van der Waals surface area contributed by atoms with Crippen LogP contribution in [0.3, 0.4) is 0 Å². The largest absolute Gasteiger partial charge is 0.480 e. The number of hydrogen-bond donors (Lipinski definition) is 2. The minimum Gasteiger partial charge on any atom is -0.480 e. The fourth-order valence-electron chi connectivity index (χ4n) is 1.69. The van der Waals surface area contributed by atoms with Crippen molar-refractivity contribution >= 4 is 11.9 Å². The molecule has 0 bridgehead atoms. The molecular weight excluding hydrogens is 277 g/mol. The van der Waals surface area contributed by atoms with Crippen LogP contribution in [0.25, 0.3) is 0 Å². The average molecular weight is 297 g/mol. The molecule has 0 aromatic heterocycles. The average Bonchev–Trinajstić information content (AvgIpc) is 2.36. The van der Waals surface area contributed by atoms with Crippen LogP contribution in [-0.4, -0.2) is 29.1 Å². The highest BCUT2D eigenvalue weighted by molar-refractivity contribution is 5.86. The van der Waals surface area contributed by atoms with Gasteiger partial charge in [-0.05, 0) is 24.5 Å². The van der Waals surface area contributed by atoms with Crippen molar-refractivity contribution in [2.75, 3.05) is 0 Å². The van der Waals surface area contributed by atoms with Crippen LogP contribution in [0.1, 0.15) is 27.7 Å². The Morgan fingerprint density at radius 2 is 1.86 bits per heavy atom. The van der Waals surface area contributed by atoms with Gasteiger partial charge in [-0.25, -0.2) is 9.18 Å². The molecule has 1 aromatic carbocycles. The molecule has 5 nitrogen and oxygen atoms in total. The van der Waals surface area contributed by atoms with E-state index in [9.17, 15) is 14.0 Å². The number of hydrogen-bond acceptors (Lipinski definition) is 3. The van der Waals surface area contributed by atoms with E-state index in [1.54, 1.807) is 26.8 Å². The van der Waals surface area contributed by atoms with E-state index in [1.807, 2.05) is 0 Å². The number of para-hydroxylation sites is 1. The number of carbonyl (C=O) groups excluding carboxylic acids is 1. The summed E-state index contributed by atoms with van der Waals surface area (Å²) in [6.45, 7) is 6.54. The molecule has 0 aliphatic carbocycles. The van der Waals surface area contributed by atoms with Crippen molar-refractivity contribution < 1.29 is 23.8 Å². The van der Waals surface area contributed by atoms with Crippen molar-refractivity contribution in [2.45, 2.75) is 39.8 Å². The number of ether oxygens (including phenoxy) is 1. The van der Waals surface area contributed by atoms with Gasteiger partial charge in [-0.1, -0.05) is 32.9 Å². The summed E-state index contributed by atoms with van der Waals surface area (Å²) < 4.78 is 18.7. The van der Waals surface area contributed by atoms with Gasteiger partial charge in [-0.2, -0.15) is 0 Å². The van der Waals surface area contributed by atoms with Crippen molar-refractivity contribution in [1.82, 2.24) is 5.32 Å². The summed E-state index contributed by atoms with van der Waals surface area (Å²) in [4.78, 5) is 23.2. The van der Waals surface area contributed by atoms with Gasteiger partial charge in [0.25, 0.3) is 5.91 Å². The Balaban J connectivity index is 2.75. The lowest BCUT2D eigenvalue weighted by molar-refractivity contribution is -0.146. The number of carboxylic acids is 1. The molecule has 0 heterocycles. The summed E-state index contributed by atoms with van der Waals surface area (Å²) >= 11 is 0. The third-order valence-electron chi connectivity index (χ3n) is 2.91. The van der Waals surface area contributed by atoms with E-state index in [-0.39, 0.29) is 5.75 Å². The van der Waals surface area contributed by atoms with Crippen molar-refractivity contribution in [3.05, 3.63) is 30.1 Å². The SMILES string of the molecule is CC(Oc1ccccc1F)C(=O)NC(C(=O)O)C(C)(C)C. The molecule has 0 fully saturated rings. The number of nitrogens with one attached hydrogen (secondary N) is 1. The van der Waals surface area contributed by atoms with E-state index in [0.29, 0.717) is 0 Å². The number of halogens is 1. The molecule has 21 heavy (non-hydrogen) atoms. The quantitative estimate of drug-likeness (QED) is 0.873. The third kappa shape index (κ3) is 4.73. The Labute approximate surface area is 123 Å². The fraction of sp³-hybridized carbons (Fsp3) is 0.467. The first-order valence-electron chi connectivity index (χ1n) is 6.57. The zero-order chi connectivity index (χ0) is 16.2. The first-order chi connectivity index (χ1) is 9.62. The van der Waals surface area contributed by atoms with Gasteiger partial charge in [-0.15, -0.1) is 0 Å². The molecule has 0 saturated carbocycles. The zero-order valence-electron chi connectivity index (χ0n) is 12.5. The van der Waals surface area contributed by atoms with Crippen LogP contribution in [0.4, 0.5) is 4.39 Å². The second kappa shape index (κ2) is 6.56. The van der Waals surface area contributed by atoms with Gasteiger partial charge in [0.05, 0.1) is 0 Å². The molecule has 116 valence electrons. The van der Waals surface area contributed by atoms with Crippen LogP contribution in [0, 0.1) is 11.2 Å². The van der Waals surface area contributed by atoms with E-state index in [0.717, 1.165) is 0 Å². The Morgan fingerprint density at radius 3 is 2.33 bits per heavy atom. The highest BCUT2D eigenvalue weighted by Gasteiger charge is 2.34. The maximum atomic E-state index is 13.4. The van der Waals surface area contributed by atoms with Gasteiger partial charge in [0.2, 0.25) is 0 Å². The van der Waals surface area contributed by atoms with Crippen LogP contribution < -0.4 is 10.1 Å². The van der Waals surface area contributed by atoms with Gasteiger partial charge < -0.3 is 15.2 Å². The monoisotopic (exact) mass is 297 g/mol. The first kappa shape index (κ1) is 16.9. The van der Waals surface area contributed by atoms with Crippen LogP contribution in [-0.2, 0) is 9.59 Å². The molecule has 0 aliphatic rings. The summed E-state index contributed by atoms with van der Waals surface area (Å²) in [6, 6.07) is 4.65. The number of carboxylic acid groups (broad SMARTS) is 1. The molecule has 0 aliphatic heterocycles. The third-order valence-corrected chi connectivity index (χ3v) is 2.91. The van der Waals surface area contributed by atoms with Crippen molar-refractivity contribution in [2.24, 2.45) is 5.41 Å². The van der Waals surface area contributed by atoms with E-state index in [1.165, 1.54) is 25.1 Å². The molecule has 0 radical (unpaired) electrons. The Kier molecular flexibility index (Phi) is 5.29. The first-order valence-corrected chi connectivity index (χ1v) is 6.57. The van der Waals surface area contributed by atoms with Crippen LogP contribution in [0.2, 0.25) is 0 Å². The molecule has 0 saturated heterocycles. The second-order valence-electron chi connectivity index (χ2n) is 5.84. The lowest BCUT2D eigenvalue weighted by atomic mass is 9.86. The number of carbonyl (C=O) groups is 2. The summed E-state index contributed by atoms with van der Waals surface area (Å²) in [7, 11) is 0. The predicted octanol–water partition coefficient (Wildman–Crippen LogP) is 2.21. The number of rotatable bonds is 5. The summed E-state index contributed by atoms with van der Waals surface area (Å²) in [5.41, 5.74) is -0.654. The summed E-state index contributed by atoms with van der Waals surface area (Å²) in [5, 5.41) is 11.6. The van der Waals surface area contributed by atoms with Crippen LogP contribution >= 0.6 is 0 Å². The highest BCUT2D eigenvalue weighted by Crippen LogP contribution is 2.20. The predicted molar refractivity (Wildman–Crippen MR) is 75.5 cm³/mol. The van der Waals surface area contributed by atoms with E-state index in [2.05, 4.69) is 5.32 Å². The summed E-state index contributed by atoms with van der Waals surface area (Å²) in [5.74, 6) is -2.37. The van der Waals surface area contributed by atoms with E-state index >= 15 is 0 Å². The molecule has 2 atom stereocenters. The molecule has 0 spiro atoms. The van der Waals surface area contributed by atoms with Crippen molar-refractivity contribution in [1.29, 1.82) is 0 Å². The van der Waals surface area contributed by atoms with Crippen LogP contribution in [0.5, 0.6) is 5.75 Å². The standard InChI is InChI=1S/C15H20FNO4/c1-9(21-11-8-6-5-7-10(11)16)13(18)17-12(14(19)20)15(2,3)4/h5-9,12H,1-4H3,(H,17,18)(H,19,20). The zero-order valence-corrected chi connectivity index (χ0v) is 12.5. The number of amides is 1. The maximum Gasteiger partial charge on any atom is 0.326 e.